The van der Waals surface area contributed by atoms with E-state index in [2.05, 4.69) is 10.2 Å². The highest BCUT2D eigenvalue weighted by Gasteiger charge is 2.22. The van der Waals surface area contributed by atoms with Gasteiger partial charge in [0.2, 0.25) is 0 Å². The Bertz CT molecular complexity index is 906. The molecule has 158 valence electrons. The molecule has 2 aromatic carbocycles. The summed E-state index contributed by atoms with van der Waals surface area (Å²) >= 11 is 0. The van der Waals surface area contributed by atoms with Crippen molar-refractivity contribution in [3.63, 3.8) is 0 Å². The van der Waals surface area contributed by atoms with Gasteiger partial charge in [0.05, 0.1) is 19.4 Å². The van der Waals surface area contributed by atoms with Crippen molar-refractivity contribution in [2.45, 2.75) is 20.5 Å². The van der Waals surface area contributed by atoms with E-state index in [-0.39, 0.29) is 24.6 Å². The maximum atomic E-state index is 12.0. The van der Waals surface area contributed by atoms with E-state index in [0.29, 0.717) is 12.4 Å². The first kappa shape index (κ1) is 22.5. The molecule has 0 aliphatic heterocycles. The molecule has 0 atom stereocenters. The number of aliphatic hydroxyl groups excluding tert-OH is 1. The Balaban J connectivity index is 2.03. The molecule has 0 bridgehead atoms. The number of rotatable bonds is 10. The number of nitrogens with zero attached hydrogens (tertiary/aromatic N) is 2. The molecule has 0 heterocycles. The van der Waals surface area contributed by atoms with Crippen LogP contribution in [0, 0.1) is 0 Å². The predicted molar refractivity (Wildman–Crippen MR) is 114 cm³/mol. The van der Waals surface area contributed by atoms with Gasteiger partial charge in [0, 0.05) is 0 Å². The minimum absolute atomic E-state index is 0.108. The van der Waals surface area contributed by atoms with E-state index in [4.69, 9.17) is 19.9 Å². The Morgan fingerprint density at radius 3 is 2.33 bits per heavy atom. The number of esters is 1. The van der Waals surface area contributed by atoms with Crippen molar-refractivity contribution in [3.05, 3.63) is 77.2 Å². The van der Waals surface area contributed by atoms with Gasteiger partial charge >= 0.3 is 5.97 Å². The summed E-state index contributed by atoms with van der Waals surface area (Å²) in [4.78, 5) is 12.0. The van der Waals surface area contributed by atoms with E-state index in [1.807, 2.05) is 42.5 Å². The van der Waals surface area contributed by atoms with E-state index in [1.165, 1.54) is 6.21 Å². The molecule has 2 rings (SSSR count). The van der Waals surface area contributed by atoms with Crippen LogP contribution in [0.5, 0.6) is 5.75 Å². The quantitative estimate of drug-likeness (QED) is 0.155. The first-order chi connectivity index (χ1) is 14.5. The molecule has 0 aliphatic carbocycles. The Hall–Kier alpha value is -3.81. The second-order valence-corrected chi connectivity index (χ2v) is 5.91. The molecule has 30 heavy (non-hydrogen) atoms. The molecular weight excluding hydrogens is 386 g/mol. The third-order valence-electron chi connectivity index (χ3n) is 3.73. The van der Waals surface area contributed by atoms with Crippen LogP contribution in [0.15, 0.2) is 76.3 Å². The Morgan fingerprint density at radius 2 is 1.70 bits per heavy atom. The minimum atomic E-state index is -0.847. The molecule has 8 heteroatoms. The third kappa shape index (κ3) is 6.97. The number of hydrogen-bond acceptors (Lipinski definition) is 7. The van der Waals surface area contributed by atoms with Crippen LogP contribution in [0.4, 0.5) is 0 Å². The van der Waals surface area contributed by atoms with Crippen LogP contribution in [-0.2, 0) is 20.9 Å². The van der Waals surface area contributed by atoms with Gasteiger partial charge in [-0.2, -0.15) is 5.10 Å². The summed E-state index contributed by atoms with van der Waals surface area (Å²) in [5.41, 5.74) is 7.23. The summed E-state index contributed by atoms with van der Waals surface area (Å²) < 4.78 is 15.5. The fourth-order valence-corrected chi connectivity index (χ4v) is 2.31. The van der Waals surface area contributed by atoms with E-state index in [0.717, 1.165) is 11.1 Å². The molecule has 0 saturated heterocycles. The molecule has 0 fully saturated rings. The van der Waals surface area contributed by atoms with Crippen LogP contribution in [0.1, 0.15) is 25.0 Å². The number of nitrogens with two attached hydrogens (primary N) is 1. The van der Waals surface area contributed by atoms with Crippen LogP contribution >= 0.6 is 0 Å². The molecular formula is C22H25N3O5. The highest BCUT2D eigenvalue weighted by atomic mass is 16.6. The summed E-state index contributed by atoms with van der Waals surface area (Å²) in [5.74, 6) is -1.11. The lowest BCUT2D eigenvalue weighted by atomic mass is 10.2. The molecule has 0 aliphatic rings. The summed E-state index contributed by atoms with van der Waals surface area (Å²) in [6, 6.07) is 17.1. The van der Waals surface area contributed by atoms with E-state index in [1.54, 1.807) is 26.0 Å². The van der Waals surface area contributed by atoms with Crippen molar-refractivity contribution in [1.29, 1.82) is 0 Å². The fraction of sp³-hybridized carbons (Fsp3) is 0.227. The predicted octanol–water partition coefficient (Wildman–Crippen LogP) is 3.33. The smallest absolute Gasteiger partial charge is 0.349 e. The molecule has 8 nitrogen and oxygen atoms in total. The van der Waals surface area contributed by atoms with Gasteiger partial charge in [0.1, 0.15) is 12.4 Å². The first-order valence-corrected chi connectivity index (χ1v) is 9.42. The standard InChI is InChI=1S/C22H25N3O5/c1-3-28-21(26)19(22(27)29-4-2)20(23)25-24-14-16-10-12-18(13-11-16)30-15-17-8-6-5-7-9-17/h5-14,26H,3-4,15H2,1-2H3,(H2,23,25)/b21-19-,24-14-. The number of amidine groups is 1. The molecule has 0 saturated carbocycles. The maximum Gasteiger partial charge on any atom is 0.349 e. The first-order valence-electron chi connectivity index (χ1n) is 9.42. The third-order valence-corrected chi connectivity index (χ3v) is 3.73. The van der Waals surface area contributed by atoms with Gasteiger partial charge in [-0.15, -0.1) is 5.10 Å². The van der Waals surface area contributed by atoms with Crippen LogP contribution in [-0.4, -0.2) is 36.3 Å². The molecule has 2 aromatic rings. The summed E-state index contributed by atoms with van der Waals surface area (Å²) in [5, 5.41) is 17.5. The molecule has 0 aromatic heterocycles. The average molecular weight is 411 g/mol. The monoisotopic (exact) mass is 411 g/mol. The average Bonchev–Trinajstić information content (AvgIpc) is 2.74. The topological polar surface area (TPSA) is 116 Å². The van der Waals surface area contributed by atoms with Crippen molar-refractivity contribution in [2.24, 2.45) is 15.9 Å². The van der Waals surface area contributed by atoms with Crippen LogP contribution in [0.3, 0.4) is 0 Å². The van der Waals surface area contributed by atoms with Gasteiger partial charge in [-0.25, -0.2) is 4.79 Å². The normalized spacial score (nSPS) is 12.4. The summed E-state index contributed by atoms with van der Waals surface area (Å²) in [6.07, 6.45) is 1.45. The largest absolute Gasteiger partial charge is 0.489 e. The Labute approximate surface area is 175 Å². The molecule has 3 N–H and O–H groups in total. The van der Waals surface area contributed by atoms with E-state index >= 15 is 0 Å². The van der Waals surface area contributed by atoms with Crippen molar-refractivity contribution in [2.75, 3.05) is 13.2 Å². The number of aliphatic hydroxyl groups is 1. The molecule has 0 spiro atoms. The minimum Gasteiger partial charge on any atom is -0.489 e. The Kier molecular flexibility index (Phi) is 8.92. The van der Waals surface area contributed by atoms with Crippen LogP contribution < -0.4 is 10.5 Å². The highest BCUT2D eigenvalue weighted by molar-refractivity contribution is 6.18. The van der Waals surface area contributed by atoms with Gasteiger partial charge in [-0.1, -0.05) is 30.3 Å². The van der Waals surface area contributed by atoms with Crippen molar-refractivity contribution in [1.82, 2.24) is 0 Å². The van der Waals surface area contributed by atoms with Gasteiger partial charge in [0.25, 0.3) is 5.95 Å². The lowest BCUT2D eigenvalue weighted by molar-refractivity contribution is -0.138. The van der Waals surface area contributed by atoms with Gasteiger partial charge < -0.3 is 25.1 Å². The summed E-state index contributed by atoms with van der Waals surface area (Å²) in [6.45, 7) is 4.01. The Morgan fingerprint density at radius 1 is 1.03 bits per heavy atom. The van der Waals surface area contributed by atoms with Gasteiger partial charge in [-0.05, 0) is 49.2 Å². The molecule has 0 amide bonds. The zero-order valence-corrected chi connectivity index (χ0v) is 16.9. The molecule has 0 unspecified atom stereocenters. The number of carbonyl (C=O) groups excluding carboxylic acids is 1. The lowest BCUT2D eigenvalue weighted by Gasteiger charge is -2.08. The van der Waals surface area contributed by atoms with E-state index < -0.39 is 11.9 Å². The van der Waals surface area contributed by atoms with Gasteiger partial charge in [0.15, 0.2) is 11.4 Å². The SMILES string of the molecule is CCOC(=O)C(=C(/O)OCC)/C(N)=N\N=C/c1ccc(OCc2ccccc2)cc1. The second-order valence-electron chi connectivity index (χ2n) is 5.91. The van der Waals surface area contributed by atoms with Crippen molar-refractivity contribution in [3.8, 4) is 5.75 Å². The van der Waals surface area contributed by atoms with Crippen LogP contribution in [0.25, 0.3) is 0 Å². The highest BCUT2D eigenvalue weighted by Crippen LogP contribution is 2.13. The molecule has 0 radical (unpaired) electrons. The van der Waals surface area contributed by atoms with Crippen LogP contribution in [0.2, 0.25) is 0 Å². The second kappa shape index (κ2) is 11.9. The zero-order valence-electron chi connectivity index (χ0n) is 16.9. The lowest BCUT2D eigenvalue weighted by Crippen LogP contribution is -2.25. The van der Waals surface area contributed by atoms with E-state index in [9.17, 15) is 9.90 Å². The zero-order chi connectivity index (χ0) is 21.8. The number of benzene rings is 2. The van der Waals surface area contributed by atoms with Crippen molar-refractivity contribution < 1.29 is 24.1 Å². The number of ether oxygens (including phenoxy) is 3. The fourth-order valence-electron chi connectivity index (χ4n) is 2.31. The number of hydrogen-bond donors (Lipinski definition) is 2. The number of carbonyl (C=O) groups is 1. The van der Waals surface area contributed by atoms with Gasteiger partial charge in [-0.3, -0.25) is 0 Å². The van der Waals surface area contributed by atoms with Crippen molar-refractivity contribution >= 4 is 18.0 Å². The maximum absolute atomic E-state index is 12.0. The summed E-state index contributed by atoms with van der Waals surface area (Å²) in [7, 11) is 0.